The second kappa shape index (κ2) is 11.3. The van der Waals surface area contributed by atoms with E-state index in [-0.39, 0.29) is 12.5 Å². The summed E-state index contributed by atoms with van der Waals surface area (Å²) in [4.78, 5) is 24.5. The average molecular weight is 449 g/mol. The van der Waals surface area contributed by atoms with Crippen molar-refractivity contribution in [3.8, 4) is 12.3 Å². The maximum Gasteiger partial charge on any atom is 0.220 e. The zero-order chi connectivity index (χ0) is 22.2. The van der Waals surface area contributed by atoms with Gasteiger partial charge in [-0.25, -0.2) is 15.0 Å². The van der Waals surface area contributed by atoms with Crippen LogP contribution in [-0.2, 0) is 9.53 Å². The van der Waals surface area contributed by atoms with E-state index in [1.807, 2.05) is 6.26 Å². The Kier molecular flexibility index (Phi) is 8.48. The SMILES string of the molecule is C#CCNC(=O)CCCCCNc1ncnc2c1ncn2[C@@H]1O[C@H](CSC)[C@@H](O)[C@H]1O. The molecule has 31 heavy (non-hydrogen) atoms. The summed E-state index contributed by atoms with van der Waals surface area (Å²) in [6.07, 6.45) is 9.72. The largest absolute Gasteiger partial charge is 0.387 e. The molecule has 4 atom stereocenters. The van der Waals surface area contributed by atoms with Crippen LogP contribution >= 0.6 is 11.8 Å². The van der Waals surface area contributed by atoms with E-state index in [1.54, 1.807) is 22.7 Å². The maximum absolute atomic E-state index is 11.5. The first kappa shape index (κ1) is 23.3. The molecule has 0 aliphatic carbocycles. The number of amides is 1. The van der Waals surface area contributed by atoms with E-state index >= 15 is 0 Å². The third-order valence-corrected chi connectivity index (χ3v) is 5.72. The van der Waals surface area contributed by atoms with E-state index in [1.165, 1.54) is 6.33 Å². The highest BCUT2D eigenvalue weighted by atomic mass is 32.2. The number of imidazole rings is 1. The number of terminal acetylenes is 1. The molecule has 1 aliphatic heterocycles. The van der Waals surface area contributed by atoms with Crippen molar-refractivity contribution in [3.63, 3.8) is 0 Å². The van der Waals surface area contributed by atoms with Crippen LogP contribution in [-0.4, -0.2) is 79.0 Å². The molecule has 168 valence electrons. The van der Waals surface area contributed by atoms with Gasteiger partial charge in [0.2, 0.25) is 5.91 Å². The van der Waals surface area contributed by atoms with Gasteiger partial charge in [-0.05, 0) is 19.1 Å². The van der Waals surface area contributed by atoms with Crippen molar-refractivity contribution in [1.29, 1.82) is 0 Å². The lowest BCUT2D eigenvalue weighted by molar-refractivity contribution is -0.120. The van der Waals surface area contributed by atoms with E-state index in [0.29, 0.717) is 35.7 Å². The minimum Gasteiger partial charge on any atom is -0.387 e. The molecule has 2 aromatic heterocycles. The van der Waals surface area contributed by atoms with Crippen LogP contribution in [0.2, 0.25) is 0 Å². The lowest BCUT2D eigenvalue weighted by Gasteiger charge is -2.16. The standard InChI is InChI=1S/C20H28N6O4S/c1-3-8-21-14(27)7-5-4-6-9-22-18-15-19(24-11-23-18)26(12-25-15)20-17(29)16(28)13(30-20)10-31-2/h1,11-13,16-17,20,28-29H,4-10H2,2H3,(H,21,27)(H,22,23,24)/t13-,16-,17-,20-/m1/s1. The second-order valence-corrected chi connectivity index (χ2v) is 8.18. The van der Waals surface area contributed by atoms with Crippen LogP contribution in [0.25, 0.3) is 11.2 Å². The van der Waals surface area contributed by atoms with Gasteiger partial charge in [-0.15, -0.1) is 6.42 Å². The Bertz CT molecular complexity index is 917. The van der Waals surface area contributed by atoms with Crippen molar-refractivity contribution in [2.45, 2.75) is 50.2 Å². The van der Waals surface area contributed by atoms with Crippen LogP contribution in [0.15, 0.2) is 12.7 Å². The van der Waals surface area contributed by atoms with Gasteiger partial charge in [0.1, 0.15) is 18.5 Å². The van der Waals surface area contributed by atoms with Gasteiger partial charge in [0.25, 0.3) is 0 Å². The first-order valence-corrected chi connectivity index (χ1v) is 11.6. The predicted molar refractivity (Wildman–Crippen MR) is 118 cm³/mol. The van der Waals surface area contributed by atoms with E-state index < -0.39 is 24.5 Å². The van der Waals surface area contributed by atoms with Gasteiger partial charge >= 0.3 is 0 Å². The second-order valence-electron chi connectivity index (χ2n) is 7.27. The molecule has 1 fully saturated rings. The number of fused-ring (bicyclic) bond motifs is 1. The van der Waals surface area contributed by atoms with Crippen molar-refractivity contribution < 1.29 is 19.7 Å². The number of carbonyl (C=O) groups excluding carboxylic acids is 1. The number of hydrogen-bond donors (Lipinski definition) is 4. The molecule has 0 unspecified atom stereocenters. The molecule has 0 radical (unpaired) electrons. The van der Waals surface area contributed by atoms with Gasteiger partial charge < -0.3 is 25.6 Å². The number of aromatic nitrogens is 4. The van der Waals surface area contributed by atoms with Crippen molar-refractivity contribution in [2.24, 2.45) is 0 Å². The van der Waals surface area contributed by atoms with Gasteiger partial charge in [-0.1, -0.05) is 12.3 Å². The number of anilines is 1. The number of rotatable bonds is 11. The molecule has 1 aliphatic rings. The topological polar surface area (TPSA) is 134 Å². The lowest BCUT2D eigenvalue weighted by atomic mass is 10.1. The fraction of sp³-hybridized carbons (Fsp3) is 0.600. The van der Waals surface area contributed by atoms with Crippen molar-refractivity contribution in [3.05, 3.63) is 12.7 Å². The first-order chi connectivity index (χ1) is 15.1. The number of aliphatic hydroxyl groups is 2. The van der Waals surface area contributed by atoms with Gasteiger partial charge in [-0.2, -0.15) is 11.8 Å². The number of ether oxygens (including phenoxy) is 1. The minimum atomic E-state index is -1.07. The number of aliphatic hydroxyl groups excluding tert-OH is 2. The number of unbranched alkanes of at least 4 members (excludes halogenated alkanes) is 2. The summed E-state index contributed by atoms with van der Waals surface area (Å²) in [7, 11) is 0. The average Bonchev–Trinajstić information content (AvgIpc) is 3.32. The van der Waals surface area contributed by atoms with E-state index in [9.17, 15) is 15.0 Å². The maximum atomic E-state index is 11.5. The number of hydrogen-bond acceptors (Lipinski definition) is 9. The van der Waals surface area contributed by atoms with Gasteiger partial charge in [0, 0.05) is 18.7 Å². The molecule has 4 N–H and O–H groups in total. The molecule has 3 rings (SSSR count). The van der Waals surface area contributed by atoms with E-state index in [4.69, 9.17) is 11.2 Å². The summed E-state index contributed by atoms with van der Waals surface area (Å²) in [6, 6.07) is 0. The molecule has 0 spiro atoms. The molecular weight excluding hydrogens is 420 g/mol. The Morgan fingerprint density at radius 1 is 1.29 bits per heavy atom. The van der Waals surface area contributed by atoms with Crippen LogP contribution in [0.5, 0.6) is 0 Å². The van der Waals surface area contributed by atoms with Gasteiger partial charge in [0.05, 0.1) is 19.0 Å². The van der Waals surface area contributed by atoms with E-state index in [0.717, 1.165) is 19.3 Å². The molecule has 2 aromatic rings. The molecule has 1 saturated heterocycles. The highest BCUT2D eigenvalue weighted by Crippen LogP contribution is 2.33. The van der Waals surface area contributed by atoms with Crippen molar-refractivity contribution in [2.75, 3.05) is 30.4 Å². The quantitative estimate of drug-likeness (QED) is 0.287. The Morgan fingerprint density at radius 3 is 2.90 bits per heavy atom. The minimum absolute atomic E-state index is 0.0323. The predicted octanol–water partition coefficient (Wildman–Crippen LogP) is 0.530. The number of thioether (sulfide) groups is 1. The normalized spacial score (nSPS) is 23.0. The van der Waals surface area contributed by atoms with Crippen molar-refractivity contribution >= 4 is 34.7 Å². The smallest absolute Gasteiger partial charge is 0.220 e. The van der Waals surface area contributed by atoms with E-state index in [2.05, 4.69) is 31.5 Å². The summed E-state index contributed by atoms with van der Waals surface area (Å²) in [6.45, 7) is 0.929. The summed E-state index contributed by atoms with van der Waals surface area (Å²) in [5.41, 5.74) is 1.08. The molecule has 11 heteroatoms. The van der Waals surface area contributed by atoms with Crippen LogP contribution in [0.3, 0.4) is 0 Å². The Labute approximate surface area is 185 Å². The Balaban J connectivity index is 1.55. The fourth-order valence-electron chi connectivity index (χ4n) is 3.46. The molecule has 10 nitrogen and oxygen atoms in total. The third kappa shape index (κ3) is 5.65. The Hall–Kier alpha value is -2.39. The fourth-order valence-corrected chi connectivity index (χ4v) is 4.06. The third-order valence-electron chi connectivity index (χ3n) is 5.06. The number of nitrogens with one attached hydrogen (secondary N) is 2. The Morgan fingerprint density at radius 2 is 2.13 bits per heavy atom. The molecule has 3 heterocycles. The van der Waals surface area contributed by atoms with Gasteiger partial charge in [-0.3, -0.25) is 9.36 Å². The van der Waals surface area contributed by atoms with Crippen LogP contribution in [0.4, 0.5) is 5.82 Å². The number of nitrogens with zero attached hydrogens (tertiary/aromatic N) is 4. The molecule has 0 bridgehead atoms. The molecular formula is C20H28N6O4S. The zero-order valence-electron chi connectivity index (χ0n) is 17.4. The van der Waals surface area contributed by atoms with Crippen LogP contribution < -0.4 is 10.6 Å². The highest BCUT2D eigenvalue weighted by molar-refractivity contribution is 7.98. The van der Waals surface area contributed by atoms with Gasteiger partial charge in [0.15, 0.2) is 23.2 Å². The van der Waals surface area contributed by atoms with Crippen molar-refractivity contribution in [1.82, 2.24) is 24.8 Å². The summed E-state index contributed by atoms with van der Waals surface area (Å²) >= 11 is 1.54. The van der Waals surface area contributed by atoms with Crippen LogP contribution in [0, 0.1) is 12.3 Å². The number of carbonyl (C=O) groups is 1. The zero-order valence-corrected chi connectivity index (χ0v) is 18.2. The molecule has 0 saturated carbocycles. The molecule has 1 amide bonds. The summed E-state index contributed by atoms with van der Waals surface area (Å²) < 4.78 is 7.50. The summed E-state index contributed by atoms with van der Waals surface area (Å²) in [5.74, 6) is 3.51. The van der Waals surface area contributed by atoms with Crippen LogP contribution in [0.1, 0.15) is 31.9 Å². The monoisotopic (exact) mass is 448 g/mol. The molecule has 0 aromatic carbocycles. The first-order valence-electron chi connectivity index (χ1n) is 10.2. The lowest BCUT2D eigenvalue weighted by Crippen LogP contribution is -2.32. The highest BCUT2D eigenvalue weighted by Gasteiger charge is 2.44. The summed E-state index contributed by atoms with van der Waals surface area (Å²) in [5, 5.41) is 26.6.